The quantitative estimate of drug-likeness (QED) is 0.384. The van der Waals surface area contributed by atoms with Crippen LogP contribution in [-0.4, -0.2) is 30.2 Å². The van der Waals surface area contributed by atoms with Crippen LogP contribution >= 0.6 is 0 Å². The lowest BCUT2D eigenvalue weighted by Gasteiger charge is -2.20. The number of anilines is 2. The van der Waals surface area contributed by atoms with Crippen LogP contribution < -0.4 is 14.5 Å². The zero-order valence-corrected chi connectivity index (χ0v) is 19.9. The predicted molar refractivity (Wildman–Crippen MR) is 129 cm³/mol. The molecule has 0 N–H and O–H groups in total. The standard InChI is InChI=1S/C28H28N2O5/c1-15-4-3-5-20(10-15)29-14-19(13-23(29)31)28(34)35-21-8-9-22(16(2)11-21)30-26(32)24-17-6-7-18(12-17)25(24)27(30)33/h3-5,8-11,17-19,24-25H,6-7,12-14H2,1-2H3/t17-,18-,19+,24-,25-/m0/s1. The molecule has 2 saturated carbocycles. The van der Waals surface area contributed by atoms with Crippen molar-refractivity contribution < 1.29 is 23.9 Å². The summed E-state index contributed by atoms with van der Waals surface area (Å²) in [6.07, 6.45) is 3.18. The number of esters is 1. The first-order valence-corrected chi connectivity index (χ1v) is 12.4. The van der Waals surface area contributed by atoms with Gasteiger partial charge in [0.05, 0.1) is 23.4 Å². The highest BCUT2D eigenvalue weighted by Gasteiger charge is 2.61. The Morgan fingerprint density at radius 1 is 0.943 bits per heavy atom. The molecular formula is C28H28N2O5. The van der Waals surface area contributed by atoms with Crippen molar-refractivity contribution in [3.63, 3.8) is 0 Å². The van der Waals surface area contributed by atoms with E-state index in [0.29, 0.717) is 28.8 Å². The number of carbonyl (C=O) groups is 4. The van der Waals surface area contributed by atoms with Crippen molar-refractivity contribution in [1.82, 2.24) is 0 Å². The first-order chi connectivity index (χ1) is 16.8. The molecule has 3 amide bonds. The van der Waals surface area contributed by atoms with Crippen molar-refractivity contribution in [2.45, 2.75) is 39.5 Å². The third-order valence-electron chi connectivity index (χ3n) is 8.33. The van der Waals surface area contributed by atoms with E-state index in [2.05, 4.69) is 0 Å². The second-order valence-electron chi connectivity index (χ2n) is 10.5. The van der Waals surface area contributed by atoms with Gasteiger partial charge >= 0.3 is 5.97 Å². The molecule has 2 saturated heterocycles. The van der Waals surface area contributed by atoms with E-state index in [-0.39, 0.29) is 42.5 Å². The summed E-state index contributed by atoms with van der Waals surface area (Å²) in [7, 11) is 0. The summed E-state index contributed by atoms with van der Waals surface area (Å²) in [5, 5.41) is 0. The monoisotopic (exact) mass is 472 g/mol. The van der Waals surface area contributed by atoms with E-state index in [1.165, 1.54) is 4.90 Å². The minimum absolute atomic E-state index is 0.0826. The number of carbonyl (C=O) groups excluding carboxylic acids is 4. The van der Waals surface area contributed by atoms with Crippen LogP contribution in [0.5, 0.6) is 5.75 Å². The first kappa shape index (κ1) is 22.0. The molecule has 2 heterocycles. The van der Waals surface area contributed by atoms with Crippen molar-refractivity contribution in [2.75, 3.05) is 16.3 Å². The van der Waals surface area contributed by atoms with E-state index < -0.39 is 11.9 Å². The molecule has 4 aliphatic rings. The third kappa shape index (κ3) is 3.48. The number of ether oxygens (including phenoxy) is 1. The molecule has 180 valence electrons. The molecule has 6 rings (SSSR count). The number of aryl methyl sites for hydroxylation is 2. The van der Waals surface area contributed by atoms with Crippen LogP contribution in [-0.2, 0) is 19.2 Å². The zero-order chi connectivity index (χ0) is 24.4. The maximum Gasteiger partial charge on any atom is 0.316 e. The number of hydrogen-bond donors (Lipinski definition) is 0. The maximum absolute atomic E-state index is 13.2. The smallest absolute Gasteiger partial charge is 0.316 e. The Hall–Kier alpha value is -3.48. The minimum atomic E-state index is -0.556. The van der Waals surface area contributed by atoms with Gasteiger partial charge in [0, 0.05) is 18.7 Å². The fourth-order valence-electron chi connectivity index (χ4n) is 6.70. The molecule has 0 spiro atoms. The molecule has 2 aromatic carbocycles. The fraction of sp³-hybridized carbons (Fsp3) is 0.429. The van der Waals surface area contributed by atoms with Gasteiger partial charge in [0.1, 0.15) is 5.75 Å². The molecule has 2 aliphatic heterocycles. The van der Waals surface area contributed by atoms with Gasteiger partial charge in [0.25, 0.3) is 0 Å². The molecule has 35 heavy (non-hydrogen) atoms. The lowest BCUT2D eigenvalue weighted by Crippen LogP contribution is -2.33. The van der Waals surface area contributed by atoms with E-state index >= 15 is 0 Å². The molecule has 7 nitrogen and oxygen atoms in total. The summed E-state index contributed by atoms with van der Waals surface area (Å²) in [4.78, 5) is 54.7. The number of rotatable bonds is 4. The van der Waals surface area contributed by atoms with Crippen LogP contribution in [0.4, 0.5) is 11.4 Å². The van der Waals surface area contributed by atoms with Crippen LogP contribution in [0, 0.1) is 43.4 Å². The van der Waals surface area contributed by atoms with Gasteiger partial charge in [-0.1, -0.05) is 12.1 Å². The SMILES string of the molecule is Cc1cccc(N2C[C@H](C(=O)Oc3ccc(N4C(=O)[C@H]5[C@H]6CC[C@@H](C6)[C@@H]5C4=O)c(C)c3)CC2=O)c1. The fourth-order valence-corrected chi connectivity index (χ4v) is 6.70. The van der Waals surface area contributed by atoms with E-state index in [1.54, 1.807) is 23.1 Å². The summed E-state index contributed by atoms with van der Waals surface area (Å²) in [6.45, 7) is 4.05. The van der Waals surface area contributed by atoms with Crippen molar-refractivity contribution >= 4 is 35.1 Å². The number of benzene rings is 2. The highest BCUT2D eigenvalue weighted by Crippen LogP contribution is 2.56. The van der Waals surface area contributed by atoms with Crippen molar-refractivity contribution in [3.8, 4) is 5.75 Å². The van der Waals surface area contributed by atoms with Crippen LogP contribution in [0.3, 0.4) is 0 Å². The molecule has 4 fully saturated rings. The van der Waals surface area contributed by atoms with Crippen LogP contribution in [0.25, 0.3) is 0 Å². The Kier molecular flexibility index (Phi) is 5.06. The number of nitrogens with zero attached hydrogens (tertiary/aromatic N) is 2. The normalized spacial score (nSPS) is 29.3. The average molecular weight is 473 g/mol. The van der Waals surface area contributed by atoms with E-state index in [0.717, 1.165) is 30.5 Å². The minimum Gasteiger partial charge on any atom is -0.426 e. The summed E-state index contributed by atoms with van der Waals surface area (Å²) in [6, 6.07) is 12.6. The molecule has 2 aliphatic carbocycles. The Morgan fingerprint density at radius 3 is 2.31 bits per heavy atom. The molecule has 2 aromatic rings. The van der Waals surface area contributed by atoms with Gasteiger partial charge in [0.15, 0.2) is 0 Å². The Labute approximate surface area is 204 Å². The van der Waals surface area contributed by atoms with Crippen LogP contribution in [0.2, 0.25) is 0 Å². The second-order valence-corrected chi connectivity index (χ2v) is 10.5. The summed E-state index contributed by atoms with van der Waals surface area (Å²) >= 11 is 0. The Balaban J connectivity index is 1.16. The summed E-state index contributed by atoms with van der Waals surface area (Å²) in [5.41, 5.74) is 3.09. The molecule has 2 bridgehead atoms. The molecule has 0 aromatic heterocycles. The Morgan fingerprint density at radius 2 is 1.66 bits per heavy atom. The van der Waals surface area contributed by atoms with Crippen LogP contribution in [0.1, 0.15) is 36.8 Å². The highest BCUT2D eigenvalue weighted by molar-refractivity contribution is 6.23. The Bertz CT molecular complexity index is 1240. The summed E-state index contributed by atoms with van der Waals surface area (Å²) in [5.74, 6) is -0.613. The summed E-state index contributed by atoms with van der Waals surface area (Å²) < 4.78 is 5.62. The third-order valence-corrected chi connectivity index (χ3v) is 8.33. The largest absolute Gasteiger partial charge is 0.426 e. The average Bonchev–Trinajstić information content (AvgIpc) is 3.58. The second kappa shape index (κ2) is 8.04. The molecule has 5 atom stereocenters. The molecule has 0 radical (unpaired) electrons. The molecule has 0 unspecified atom stereocenters. The zero-order valence-electron chi connectivity index (χ0n) is 19.9. The van der Waals surface area contributed by atoms with Gasteiger partial charge in [-0.15, -0.1) is 0 Å². The van der Waals surface area contributed by atoms with Gasteiger partial charge in [-0.2, -0.15) is 0 Å². The number of amides is 3. The number of hydrogen-bond acceptors (Lipinski definition) is 5. The number of fused-ring (bicyclic) bond motifs is 5. The van der Waals surface area contributed by atoms with Crippen molar-refractivity contribution in [1.29, 1.82) is 0 Å². The van der Waals surface area contributed by atoms with E-state index in [4.69, 9.17) is 4.74 Å². The lowest BCUT2D eigenvalue weighted by atomic mass is 9.81. The number of imide groups is 1. The van der Waals surface area contributed by atoms with Gasteiger partial charge in [0.2, 0.25) is 17.7 Å². The molecule has 7 heteroatoms. The van der Waals surface area contributed by atoms with Gasteiger partial charge < -0.3 is 9.64 Å². The van der Waals surface area contributed by atoms with Gasteiger partial charge in [-0.25, -0.2) is 4.90 Å². The topological polar surface area (TPSA) is 84.0 Å². The molecular weight excluding hydrogens is 444 g/mol. The van der Waals surface area contributed by atoms with E-state index in [1.807, 2.05) is 38.1 Å². The van der Waals surface area contributed by atoms with E-state index in [9.17, 15) is 19.2 Å². The highest BCUT2D eigenvalue weighted by atomic mass is 16.5. The van der Waals surface area contributed by atoms with Gasteiger partial charge in [-0.05, 0) is 86.4 Å². The predicted octanol–water partition coefficient (Wildman–Crippen LogP) is 3.80. The lowest BCUT2D eigenvalue weighted by molar-refractivity contribution is -0.139. The van der Waals surface area contributed by atoms with Crippen molar-refractivity contribution in [3.05, 3.63) is 53.6 Å². The van der Waals surface area contributed by atoms with Gasteiger partial charge in [-0.3, -0.25) is 19.2 Å². The first-order valence-electron chi connectivity index (χ1n) is 12.4. The van der Waals surface area contributed by atoms with Crippen molar-refractivity contribution in [2.24, 2.45) is 29.6 Å². The van der Waals surface area contributed by atoms with Crippen LogP contribution in [0.15, 0.2) is 42.5 Å². The maximum atomic E-state index is 13.2.